The van der Waals surface area contributed by atoms with E-state index in [4.69, 9.17) is 44.0 Å². The largest absolute Gasteiger partial charge is 0.483 e. The van der Waals surface area contributed by atoms with E-state index in [9.17, 15) is 4.79 Å². The van der Waals surface area contributed by atoms with E-state index in [0.717, 1.165) is 11.0 Å². The van der Waals surface area contributed by atoms with E-state index in [2.05, 4.69) is 10.3 Å². The third-order valence-corrected chi connectivity index (χ3v) is 5.00. The Hall–Kier alpha value is -2.67. The van der Waals surface area contributed by atoms with Gasteiger partial charge in [0, 0.05) is 12.1 Å². The summed E-state index contributed by atoms with van der Waals surface area (Å²) in [7, 11) is 1.83. The van der Waals surface area contributed by atoms with Gasteiger partial charge in [-0.3, -0.25) is 10.1 Å². The number of carbonyl (C=O) groups is 1. The van der Waals surface area contributed by atoms with E-state index in [1.807, 2.05) is 31.3 Å². The number of hydrogen-bond donors (Lipinski definition) is 1. The van der Waals surface area contributed by atoms with Gasteiger partial charge in [-0.25, -0.2) is 4.98 Å². The SMILES string of the molecule is Cn1c(NC(=O)c2ccc(COc3c(Cl)cc(Cl)cc3Cl)o2)nc2ccccc21. The molecule has 0 spiro atoms. The molecule has 0 aliphatic heterocycles. The quantitative estimate of drug-likeness (QED) is 0.407. The summed E-state index contributed by atoms with van der Waals surface area (Å²) in [4.78, 5) is 16.9. The number of imidazole rings is 1. The molecular weight excluding hydrogens is 437 g/mol. The molecule has 0 radical (unpaired) electrons. The summed E-state index contributed by atoms with van der Waals surface area (Å²) in [5.74, 6) is 0.855. The molecule has 0 saturated carbocycles. The molecule has 0 fully saturated rings. The lowest BCUT2D eigenvalue weighted by Gasteiger charge is -2.09. The monoisotopic (exact) mass is 449 g/mol. The molecule has 0 aliphatic carbocycles. The summed E-state index contributed by atoms with van der Waals surface area (Å²) >= 11 is 18.1. The van der Waals surface area contributed by atoms with Crippen molar-refractivity contribution in [2.24, 2.45) is 7.05 Å². The highest BCUT2D eigenvalue weighted by atomic mass is 35.5. The molecule has 148 valence electrons. The van der Waals surface area contributed by atoms with E-state index in [1.54, 1.807) is 16.7 Å². The maximum atomic E-state index is 12.5. The van der Waals surface area contributed by atoms with Crippen LogP contribution < -0.4 is 10.1 Å². The second-order valence-electron chi connectivity index (χ2n) is 6.19. The Balaban J connectivity index is 1.46. The van der Waals surface area contributed by atoms with Gasteiger partial charge in [-0.05, 0) is 36.4 Å². The van der Waals surface area contributed by atoms with Crippen LogP contribution in [0.5, 0.6) is 5.75 Å². The fraction of sp³-hybridized carbons (Fsp3) is 0.100. The molecule has 0 atom stereocenters. The standard InChI is InChI=1S/C20H14Cl3N3O3/c1-26-16-5-3-2-4-15(16)24-20(26)25-19(27)17-7-6-12(29-17)10-28-18-13(22)8-11(21)9-14(18)23/h2-9H,10H2,1H3,(H,24,25,27). The number of amides is 1. The molecule has 1 amide bonds. The first-order valence-corrected chi connectivity index (χ1v) is 9.64. The number of anilines is 1. The number of aryl methyl sites for hydroxylation is 1. The Bertz CT molecular complexity index is 1190. The fourth-order valence-corrected chi connectivity index (χ4v) is 3.73. The lowest BCUT2D eigenvalue weighted by Crippen LogP contribution is -2.14. The van der Waals surface area contributed by atoms with Crippen molar-refractivity contribution < 1.29 is 13.9 Å². The van der Waals surface area contributed by atoms with Gasteiger partial charge in [-0.2, -0.15) is 0 Å². The van der Waals surface area contributed by atoms with Crippen LogP contribution in [0, 0.1) is 0 Å². The van der Waals surface area contributed by atoms with Crippen molar-refractivity contribution in [3.05, 3.63) is 75.1 Å². The number of fused-ring (bicyclic) bond motifs is 1. The molecule has 4 aromatic rings. The van der Waals surface area contributed by atoms with Gasteiger partial charge < -0.3 is 13.7 Å². The van der Waals surface area contributed by atoms with Gasteiger partial charge in [0.25, 0.3) is 5.91 Å². The molecular formula is C20H14Cl3N3O3. The minimum Gasteiger partial charge on any atom is -0.483 e. The number of nitrogens with zero attached hydrogens (tertiary/aromatic N) is 2. The summed E-state index contributed by atoms with van der Waals surface area (Å²) in [6.07, 6.45) is 0. The Labute approximate surface area is 180 Å². The number of furan rings is 1. The number of carbonyl (C=O) groups excluding carboxylic acids is 1. The highest BCUT2D eigenvalue weighted by Crippen LogP contribution is 2.36. The van der Waals surface area contributed by atoms with Gasteiger partial charge in [0.2, 0.25) is 5.95 Å². The zero-order chi connectivity index (χ0) is 20.5. The number of halogens is 3. The molecule has 9 heteroatoms. The van der Waals surface area contributed by atoms with Crippen molar-refractivity contribution in [3.63, 3.8) is 0 Å². The number of para-hydroxylation sites is 2. The van der Waals surface area contributed by atoms with Crippen molar-refractivity contribution in [2.75, 3.05) is 5.32 Å². The van der Waals surface area contributed by atoms with Crippen LogP contribution in [0.3, 0.4) is 0 Å². The van der Waals surface area contributed by atoms with Crippen LogP contribution in [0.25, 0.3) is 11.0 Å². The predicted molar refractivity (Wildman–Crippen MR) is 113 cm³/mol. The van der Waals surface area contributed by atoms with E-state index < -0.39 is 5.91 Å². The van der Waals surface area contributed by atoms with Gasteiger partial charge in [0.05, 0.1) is 21.1 Å². The topological polar surface area (TPSA) is 69.3 Å². The molecule has 2 aromatic heterocycles. The summed E-state index contributed by atoms with van der Waals surface area (Å²) in [5, 5.41) is 3.73. The average Bonchev–Trinajstić information content (AvgIpc) is 3.27. The van der Waals surface area contributed by atoms with E-state index in [1.165, 1.54) is 12.1 Å². The van der Waals surface area contributed by atoms with Crippen LogP contribution in [0.1, 0.15) is 16.3 Å². The Kier molecular flexibility index (Phi) is 5.41. The number of aromatic nitrogens is 2. The first-order chi connectivity index (χ1) is 13.9. The Morgan fingerprint density at radius 3 is 2.59 bits per heavy atom. The zero-order valence-electron chi connectivity index (χ0n) is 15.1. The fourth-order valence-electron chi connectivity index (χ4n) is 2.81. The van der Waals surface area contributed by atoms with Crippen molar-refractivity contribution in [3.8, 4) is 5.75 Å². The molecule has 4 rings (SSSR count). The lowest BCUT2D eigenvalue weighted by atomic mass is 10.3. The number of rotatable bonds is 5. The highest BCUT2D eigenvalue weighted by molar-refractivity contribution is 6.40. The van der Waals surface area contributed by atoms with Crippen molar-refractivity contribution in [2.45, 2.75) is 6.61 Å². The zero-order valence-corrected chi connectivity index (χ0v) is 17.3. The minimum absolute atomic E-state index is 0.0423. The maximum absolute atomic E-state index is 12.5. The highest BCUT2D eigenvalue weighted by Gasteiger charge is 2.16. The van der Waals surface area contributed by atoms with Crippen LogP contribution in [0.4, 0.5) is 5.95 Å². The van der Waals surface area contributed by atoms with Gasteiger partial charge in [-0.1, -0.05) is 46.9 Å². The number of benzene rings is 2. The molecule has 0 unspecified atom stereocenters. The van der Waals surface area contributed by atoms with Crippen molar-refractivity contribution in [1.29, 1.82) is 0 Å². The summed E-state index contributed by atoms with van der Waals surface area (Å²) in [6.45, 7) is 0.0423. The molecule has 0 aliphatic rings. The molecule has 29 heavy (non-hydrogen) atoms. The van der Waals surface area contributed by atoms with Crippen LogP contribution >= 0.6 is 34.8 Å². The molecule has 6 nitrogen and oxygen atoms in total. The first kappa shape index (κ1) is 19.6. The van der Waals surface area contributed by atoms with Gasteiger partial charge >= 0.3 is 0 Å². The maximum Gasteiger partial charge on any atom is 0.293 e. The van der Waals surface area contributed by atoms with E-state index in [-0.39, 0.29) is 22.4 Å². The Morgan fingerprint density at radius 1 is 1.14 bits per heavy atom. The number of hydrogen-bond acceptors (Lipinski definition) is 4. The summed E-state index contributed by atoms with van der Waals surface area (Å²) in [6, 6.07) is 13.9. The normalized spacial score (nSPS) is 11.0. The number of ether oxygens (including phenoxy) is 1. The van der Waals surface area contributed by atoms with Gasteiger partial charge in [0.15, 0.2) is 11.5 Å². The third-order valence-electron chi connectivity index (χ3n) is 4.22. The molecule has 1 N–H and O–H groups in total. The van der Waals surface area contributed by atoms with Crippen molar-refractivity contribution >= 4 is 57.7 Å². The van der Waals surface area contributed by atoms with Crippen LogP contribution in [-0.2, 0) is 13.7 Å². The van der Waals surface area contributed by atoms with Crippen LogP contribution in [0.15, 0.2) is 52.9 Å². The minimum atomic E-state index is -0.419. The van der Waals surface area contributed by atoms with Crippen molar-refractivity contribution in [1.82, 2.24) is 9.55 Å². The third kappa shape index (κ3) is 4.05. The Morgan fingerprint density at radius 2 is 1.86 bits per heavy atom. The van der Waals surface area contributed by atoms with E-state index in [0.29, 0.717) is 22.5 Å². The molecule has 0 saturated heterocycles. The summed E-state index contributed by atoms with van der Waals surface area (Å²) < 4.78 is 13.0. The number of nitrogens with one attached hydrogen (secondary N) is 1. The predicted octanol–water partition coefficient (Wildman–Crippen LogP) is 5.96. The molecule has 2 heterocycles. The second kappa shape index (κ2) is 7.99. The van der Waals surface area contributed by atoms with Gasteiger partial charge in [-0.15, -0.1) is 0 Å². The van der Waals surface area contributed by atoms with Crippen LogP contribution in [0.2, 0.25) is 15.1 Å². The summed E-state index contributed by atoms with van der Waals surface area (Å²) in [5.41, 5.74) is 1.70. The average molecular weight is 451 g/mol. The van der Waals surface area contributed by atoms with E-state index >= 15 is 0 Å². The van der Waals surface area contributed by atoms with Gasteiger partial charge in [0.1, 0.15) is 12.4 Å². The first-order valence-electron chi connectivity index (χ1n) is 8.51. The lowest BCUT2D eigenvalue weighted by molar-refractivity contribution is 0.0991. The molecule has 0 bridgehead atoms. The molecule has 2 aromatic carbocycles. The smallest absolute Gasteiger partial charge is 0.293 e. The second-order valence-corrected chi connectivity index (χ2v) is 7.44. The van der Waals surface area contributed by atoms with Crippen LogP contribution in [-0.4, -0.2) is 15.5 Å².